The van der Waals surface area contributed by atoms with Gasteiger partial charge in [-0.15, -0.1) is 0 Å². The molecule has 0 saturated heterocycles. The van der Waals surface area contributed by atoms with E-state index in [9.17, 15) is 0 Å². The van der Waals surface area contributed by atoms with E-state index in [-0.39, 0.29) is 6.61 Å². The first-order valence-electron chi connectivity index (χ1n) is 3.60. The van der Waals surface area contributed by atoms with Crippen LogP contribution in [0.15, 0.2) is 12.5 Å². The smallest absolute Gasteiger partial charge is 0.148 e. The minimum atomic E-state index is -0.140. The topological polar surface area (TPSA) is 58.0 Å². The molecule has 0 atom stereocenters. The summed E-state index contributed by atoms with van der Waals surface area (Å²) in [6, 6.07) is 0. The van der Waals surface area contributed by atoms with Gasteiger partial charge in [0.15, 0.2) is 0 Å². The zero-order valence-corrected chi connectivity index (χ0v) is 7.54. The van der Waals surface area contributed by atoms with Crippen LogP contribution in [0.1, 0.15) is 0 Å². The minimum Gasteiger partial charge on any atom is -0.384 e. The van der Waals surface area contributed by atoms with Crippen LogP contribution in [-0.4, -0.2) is 28.2 Å². The van der Waals surface area contributed by atoms with Gasteiger partial charge >= 0.3 is 0 Å². The summed E-state index contributed by atoms with van der Waals surface area (Å²) in [6.45, 7) is 0.260. The summed E-state index contributed by atoms with van der Waals surface area (Å²) >= 11 is 5.75. The van der Waals surface area contributed by atoms with Gasteiger partial charge in [-0.3, -0.25) is 0 Å². The fourth-order valence-electron chi connectivity index (χ4n) is 0.689. The van der Waals surface area contributed by atoms with Gasteiger partial charge in [-0.25, -0.2) is 9.97 Å². The molecule has 0 unspecified atom stereocenters. The molecule has 0 bridgehead atoms. The SMILES string of the molecule is OCC#CCNc1ncncc1Cl. The number of hydrogen-bond donors (Lipinski definition) is 2. The fourth-order valence-corrected chi connectivity index (χ4v) is 0.861. The molecule has 0 amide bonds. The second-order valence-corrected chi connectivity index (χ2v) is 2.49. The molecule has 1 aromatic heterocycles. The number of hydrogen-bond acceptors (Lipinski definition) is 4. The molecule has 0 spiro atoms. The first kappa shape index (κ1) is 9.78. The number of halogens is 1. The Morgan fingerprint density at radius 2 is 2.38 bits per heavy atom. The lowest BCUT2D eigenvalue weighted by molar-refractivity contribution is 0.350. The maximum atomic E-state index is 8.36. The zero-order valence-electron chi connectivity index (χ0n) is 6.79. The number of rotatable bonds is 2. The normalized spacial score (nSPS) is 8.77. The van der Waals surface area contributed by atoms with E-state index >= 15 is 0 Å². The van der Waals surface area contributed by atoms with Crippen molar-refractivity contribution in [2.45, 2.75) is 0 Å². The molecular weight excluding hydrogens is 190 g/mol. The number of nitrogens with zero attached hydrogens (tertiary/aromatic N) is 2. The monoisotopic (exact) mass is 197 g/mol. The molecule has 0 aliphatic heterocycles. The number of nitrogens with one attached hydrogen (secondary N) is 1. The van der Waals surface area contributed by atoms with Crippen LogP contribution >= 0.6 is 11.6 Å². The van der Waals surface area contributed by atoms with Crippen molar-refractivity contribution in [1.82, 2.24) is 9.97 Å². The molecule has 0 fully saturated rings. The second kappa shape index (κ2) is 5.36. The van der Waals surface area contributed by atoms with Gasteiger partial charge in [0.1, 0.15) is 23.8 Å². The average molecular weight is 198 g/mol. The average Bonchev–Trinajstić information content (AvgIpc) is 2.15. The highest BCUT2D eigenvalue weighted by molar-refractivity contribution is 6.32. The quantitative estimate of drug-likeness (QED) is 0.680. The first-order chi connectivity index (χ1) is 6.34. The summed E-state index contributed by atoms with van der Waals surface area (Å²) < 4.78 is 0. The van der Waals surface area contributed by atoms with Crippen LogP contribution in [0.4, 0.5) is 5.82 Å². The van der Waals surface area contributed by atoms with Crippen molar-refractivity contribution in [2.24, 2.45) is 0 Å². The number of aliphatic hydroxyl groups excluding tert-OH is 1. The van der Waals surface area contributed by atoms with Crippen molar-refractivity contribution >= 4 is 17.4 Å². The summed E-state index contributed by atoms with van der Waals surface area (Å²) in [5.74, 6) is 5.72. The van der Waals surface area contributed by atoms with E-state index in [1.165, 1.54) is 12.5 Å². The Morgan fingerprint density at radius 1 is 1.54 bits per heavy atom. The van der Waals surface area contributed by atoms with Gasteiger partial charge in [0.2, 0.25) is 0 Å². The molecule has 1 heterocycles. The van der Waals surface area contributed by atoms with Crippen LogP contribution in [-0.2, 0) is 0 Å². The van der Waals surface area contributed by atoms with Gasteiger partial charge in [0.25, 0.3) is 0 Å². The first-order valence-corrected chi connectivity index (χ1v) is 3.98. The standard InChI is InChI=1S/C8H8ClN3O/c9-7-5-10-6-12-8(7)11-3-1-2-4-13/h5-6,13H,3-4H2,(H,10,11,12). The number of anilines is 1. The third-order valence-electron chi connectivity index (χ3n) is 1.22. The lowest BCUT2D eigenvalue weighted by atomic mass is 10.5. The second-order valence-electron chi connectivity index (χ2n) is 2.08. The minimum absolute atomic E-state index is 0.140. The van der Waals surface area contributed by atoms with E-state index < -0.39 is 0 Å². The summed E-state index contributed by atoms with van der Waals surface area (Å²) in [5.41, 5.74) is 0. The van der Waals surface area contributed by atoms with Crippen molar-refractivity contribution in [3.8, 4) is 11.8 Å². The number of aliphatic hydroxyl groups is 1. The Balaban J connectivity index is 2.50. The van der Waals surface area contributed by atoms with Gasteiger partial charge < -0.3 is 10.4 Å². The molecule has 68 valence electrons. The van der Waals surface area contributed by atoms with Crippen LogP contribution < -0.4 is 5.32 Å². The Hall–Kier alpha value is -1.31. The van der Waals surface area contributed by atoms with Crippen molar-refractivity contribution in [3.05, 3.63) is 17.5 Å². The predicted molar refractivity (Wildman–Crippen MR) is 50.4 cm³/mol. The Labute approximate surface area is 81.0 Å². The zero-order chi connectivity index (χ0) is 9.52. The molecule has 4 nitrogen and oxygen atoms in total. The molecule has 2 N–H and O–H groups in total. The van der Waals surface area contributed by atoms with Gasteiger partial charge in [-0.05, 0) is 0 Å². The van der Waals surface area contributed by atoms with Crippen molar-refractivity contribution in [1.29, 1.82) is 0 Å². The van der Waals surface area contributed by atoms with E-state index in [4.69, 9.17) is 16.7 Å². The predicted octanol–water partition coefficient (Wildman–Crippen LogP) is 0.538. The van der Waals surface area contributed by atoms with E-state index in [0.29, 0.717) is 17.4 Å². The van der Waals surface area contributed by atoms with E-state index in [1.807, 2.05) is 0 Å². The van der Waals surface area contributed by atoms with Crippen molar-refractivity contribution < 1.29 is 5.11 Å². The van der Waals surface area contributed by atoms with Crippen LogP contribution in [0.5, 0.6) is 0 Å². The summed E-state index contributed by atoms with van der Waals surface area (Å²) in [4.78, 5) is 7.62. The Bertz CT molecular complexity index is 332. The third kappa shape index (κ3) is 3.28. The molecule has 0 aliphatic rings. The Morgan fingerprint density at radius 3 is 3.08 bits per heavy atom. The fraction of sp³-hybridized carbons (Fsp3) is 0.250. The largest absolute Gasteiger partial charge is 0.384 e. The van der Waals surface area contributed by atoms with Gasteiger partial charge in [0, 0.05) is 0 Å². The van der Waals surface area contributed by atoms with E-state index in [1.54, 1.807) is 0 Å². The van der Waals surface area contributed by atoms with Crippen LogP contribution in [0.3, 0.4) is 0 Å². The van der Waals surface area contributed by atoms with E-state index in [2.05, 4.69) is 27.1 Å². The highest BCUT2D eigenvalue weighted by Crippen LogP contribution is 2.14. The molecule has 5 heteroatoms. The molecule has 0 aliphatic carbocycles. The maximum Gasteiger partial charge on any atom is 0.148 e. The summed E-state index contributed by atoms with van der Waals surface area (Å²) in [6.07, 6.45) is 2.89. The molecular formula is C8H8ClN3O. The molecule has 0 aromatic carbocycles. The molecule has 1 aromatic rings. The third-order valence-corrected chi connectivity index (χ3v) is 1.49. The lowest BCUT2D eigenvalue weighted by Gasteiger charge is -2.01. The van der Waals surface area contributed by atoms with Crippen LogP contribution in [0.25, 0.3) is 0 Å². The van der Waals surface area contributed by atoms with Crippen molar-refractivity contribution in [2.75, 3.05) is 18.5 Å². The molecule has 1 rings (SSSR count). The highest BCUT2D eigenvalue weighted by atomic mass is 35.5. The van der Waals surface area contributed by atoms with Gasteiger partial charge in [0.05, 0.1) is 12.7 Å². The highest BCUT2D eigenvalue weighted by Gasteiger charge is 1.97. The van der Waals surface area contributed by atoms with Gasteiger partial charge in [-0.1, -0.05) is 23.4 Å². The van der Waals surface area contributed by atoms with Gasteiger partial charge in [-0.2, -0.15) is 0 Å². The van der Waals surface area contributed by atoms with Crippen molar-refractivity contribution in [3.63, 3.8) is 0 Å². The van der Waals surface area contributed by atoms with Crippen LogP contribution in [0.2, 0.25) is 5.02 Å². The maximum absolute atomic E-state index is 8.36. The molecule has 13 heavy (non-hydrogen) atoms. The lowest BCUT2D eigenvalue weighted by Crippen LogP contribution is -2.01. The van der Waals surface area contributed by atoms with E-state index in [0.717, 1.165) is 0 Å². The molecule has 0 saturated carbocycles. The van der Waals surface area contributed by atoms with Crippen LogP contribution in [0, 0.1) is 11.8 Å². The number of aromatic nitrogens is 2. The summed E-state index contributed by atoms with van der Waals surface area (Å²) in [7, 11) is 0. The summed E-state index contributed by atoms with van der Waals surface area (Å²) in [5, 5.41) is 11.7. The Kier molecular flexibility index (Phi) is 4.03. The molecule has 0 radical (unpaired) electrons.